The van der Waals surface area contributed by atoms with Crippen LogP contribution in [-0.2, 0) is 5.88 Å². The lowest BCUT2D eigenvalue weighted by atomic mass is 10.2. The van der Waals surface area contributed by atoms with Gasteiger partial charge >= 0.3 is 12.2 Å². The topological polar surface area (TPSA) is 65.3 Å². The molecule has 5 nitrogen and oxygen atoms in total. The number of alkyl halides is 4. The van der Waals surface area contributed by atoms with Crippen molar-refractivity contribution in [2.75, 3.05) is 0 Å². The van der Waals surface area contributed by atoms with Crippen molar-refractivity contribution in [3.63, 3.8) is 0 Å². The summed E-state index contributed by atoms with van der Waals surface area (Å²) in [6.07, 6.45) is -5.02. The van der Waals surface area contributed by atoms with Crippen LogP contribution in [0.1, 0.15) is 11.3 Å². The van der Waals surface area contributed by atoms with Crippen molar-refractivity contribution in [1.82, 2.24) is 4.98 Å². The fourth-order valence-electron chi connectivity index (χ4n) is 1.08. The molecule has 0 aliphatic heterocycles. The number of rotatable bonds is 3. The Morgan fingerprint density at radius 3 is 2.59 bits per heavy atom. The lowest BCUT2D eigenvalue weighted by Gasteiger charge is -2.09. The van der Waals surface area contributed by atoms with Crippen molar-refractivity contribution < 1.29 is 22.8 Å². The monoisotopic (exact) mass is 270 g/mol. The van der Waals surface area contributed by atoms with E-state index in [0.717, 1.165) is 6.07 Å². The number of hydrogen-bond donors (Lipinski definition) is 0. The SMILES string of the molecule is Cc1nc([N+](=O)[O-])c(OC(F)(F)F)cc1CCl. The second-order valence-electron chi connectivity index (χ2n) is 2.99. The van der Waals surface area contributed by atoms with Gasteiger partial charge in [0, 0.05) is 12.5 Å². The Balaban J connectivity index is 3.29. The summed E-state index contributed by atoms with van der Waals surface area (Å²) >= 11 is 5.46. The molecule has 0 saturated heterocycles. The summed E-state index contributed by atoms with van der Waals surface area (Å²) in [5, 5.41) is 10.5. The van der Waals surface area contributed by atoms with Crippen LogP contribution in [0.3, 0.4) is 0 Å². The number of aromatic nitrogens is 1. The second kappa shape index (κ2) is 4.74. The van der Waals surface area contributed by atoms with Crippen LogP contribution in [0.15, 0.2) is 6.07 Å². The summed E-state index contributed by atoms with van der Waals surface area (Å²) in [6.45, 7) is 1.40. The predicted octanol–water partition coefficient (Wildman–Crippen LogP) is 2.94. The first kappa shape index (κ1) is 13.5. The highest BCUT2D eigenvalue weighted by Gasteiger charge is 2.35. The molecule has 9 heteroatoms. The maximum absolute atomic E-state index is 12.0. The van der Waals surface area contributed by atoms with Gasteiger partial charge in [0.25, 0.3) is 0 Å². The van der Waals surface area contributed by atoms with Gasteiger partial charge in [-0.25, -0.2) is 0 Å². The van der Waals surface area contributed by atoms with E-state index in [0.29, 0.717) is 0 Å². The fourth-order valence-corrected chi connectivity index (χ4v) is 1.35. The van der Waals surface area contributed by atoms with Crippen LogP contribution in [0, 0.1) is 17.0 Å². The minimum atomic E-state index is -5.02. The smallest absolute Gasteiger partial charge is 0.397 e. The molecule has 0 aromatic carbocycles. The third kappa shape index (κ3) is 3.45. The van der Waals surface area contributed by atoms with Crippen LogP contribution in [0.5, 0.6) is 5.75 Å². The molecule has 0 atom stereocenters. The summed E-state index contributed by atoms with van der Waals surface area (Å²) in [5.41, 5.74) is 0.415. The largest absolute Gasteiger partial charge is 0.573 e. The van der Waals surface area contributed by atoms with E-state index in [1.165, 1.54) is 6.92 Å². The lowest BCUT2D eigenvalue weighted by molar-refractivity contribution is -0.393. The van der Waals surface area contributed by atoms with Crippen LogP contribution in [0.25, 0.3) is 0 Å². The molecule has 94 valence electrons. The van der Waals surface area contributed by atoms with Crippen LogP contribution < -0.4 is 4.74 Å². The van der Waals surface area contributed by atoms with Crippen molar-refractivity contribution in [3.8, 4) is 5.75 Å². The van der Waals surface area contributed by atoms with Gasteiger partial charge in [-0.2, -0.15) is 0 Å². The van der Waals surface area contributed by atoms with E-state index in [1.807, 2.05) is 0 Å². The highest BCUT2D eigenvalue weighted by Crippen LogP contribution is 2.32. The first-order valence-electron chi connectivity index (χ1n) is 4.21. The van der Waals surface area contributed by atoms with E-state index < -0.39 is 22.9 Å². The molecule has 0 fully saturated rings. The molecule has 17 heavy (non-hydrogen) atoms. The van der Waals surface area contributed by atoms with Crippen LogP contribution in [0.4, 0.5) is 19.0 Å². The molecule has 0 N–H and O–H groups in total. The Morgan fingerprint density at radius 2 is 2.18 bits per heavy atom. The van der Waals surface area contributed by atoms with Crippen LogP contribution in [-0.4, -0.2) is 16.3 Å². The Labute approximate surface area is 98.3 Å². The third-order valence-corrected chi connectivity index (χ3v) is 2.09. The highest BCUT2D eigenvalue weighted by molar-refractivity contribution is 6.17. The molecular formula is C8H6ClF3N2O3. The molecule has 1 heterocycles. The molecule has 0 bridgehead atoms. The summed E-state index contributed by atoms with van der Waals surface area (Å²) < 4.78 is 39.6. The van der Waals surface area contributed by atoms with E-state index in [1.54, 1.807) is 0 Å². The number of hydrogen-bond acceptors (Lipinski definition) is 4. The van der Waals surface area contributed by atoms with Gasteiger partial charge in [0.1, 0.15) is 0 Å². The Bertz CT molecular complexity index is 450. The van der Waals surface area contributed by atoms with E-state index in [-0.39, 0.29) is 17.1 Å². The molecule has 0 aliphatic rings. The Morgan fingerprint density at radius 1 is 1.59 bits per heavy atom. The molecule has 1 aromatic heterocycles. The molecule has 0 spiro atoms. The van der Waals surface area contributed by atoms with Crippen molar-refractivity contribution in [3.05, 3.63) is 27.4 Å². The first-order valence-corrected chi connectivity index (χ1v) is 4.74. The van der Waals surface area contributed by atoms with Crippen molar-refractivity contribution in [2.45, 2.75) is 19.2 Å². The number of aryl methyl sites for hydroxylation is 1. The normalized spacial score (nSPS) is 11.4. The van der Waals surface area contributed by atoms with E-state index >= 15 is 0 Å². The van der Waals surface area contributed by atoms with Gasteiger partial charge in [-0.1, -0.05) is 0 Å². The van der Waals surface area contributed by atoms with E-state index in [2.05, 4.69) is 9.72 Å². The Hall–Kier alpha value is -1.57. The van der Waals surface area contributed by atoms with Gasteiger partial charge in [0.05, 0.1) is 5.88 Å². The van der Waals surface area contributed by atoms with Gasteiger partial charge in [0.2, 0.25) is 5.75 Å². The van der Waals surface area contributed by atoms with Gasteiger partial charge < -0.3 is 14.9 Å². The number of ether oxygens (including phenoxy) is 1. The average molecular weight is 271 g/mol. The van der Waals surface area contributed by atoms with E-state index in [4.69, 9.17) is 11.6 Å². The maximum Gasteiger partial charge on any atom is 0.573 e. The zero-order valence-electron chi connectivity index (χ0n) is 8.42. The molecule has 1 rings (SSSR count). The summed E-state index contributed by atoms with van der Waals surface area (Å²) in [4.78, 5) is 12.9. The van der Waals surface area contributed by atoms with Crippen molar-refractivity contribution in [2.24, 2.45) is 0 Å². The number of nitro groups is 1. The summed E-state index contributed by atoms with van der Waals surface area (Å²) in [5.74, 6) is -2.08. The van der Waals surface area contributed by atoms with Gasteiger partial charge in [-0.05, 0) is 16.0 Å². The molecule has 0 radical (unpaired) electrons. The fraction of sp³-hybridized carbons (Fsp3) is 0.375. The minimum absolute atomic E-state index is 0.120. The predicted molar refractivity (Wildman–Crippen MR) is 51.9 cm³/mol. The zero-order chi connectivity index (χ0) is 13.2. The molecule has 0 amide bonds. The van der Waals surface area contributed by atoms with Crippen molar-refractivity contribution >= 4 is 17.4 Å². The van der Waals surface area contributed by atoms with Crippen LogP contribution in [0.2, 0.25) is 0 Å². The third-order valence-electron chi connectivity index (χ3n) is 1.81. The van der Waals surface area contributed by atoms with Gasteiger partial charge in [-0.3, -0.25) is 0 Å². The maximum atomic E-state index is 12.0. The average Bonchev–Trinajstić information content (AvgIpc) is 2.17. The molecule has 0 saturated carbocycles. The number of nitrogens with zero attached hydrogens (tertiary/aromatic N) is 2. The van der Waals surface area contributed by atoms with Crippen LogP contribution >= 0.6 is 11.6 Å². The standard InChI is InChI=1S/C8H6ClF3N2O3/c1-4-5(3-9)2-6(17-8(10,11)12)7(13-4)14(15)16/h2H,3H2,1H3. The second-order valence-corrected chi connectivity index (χ2v) is 3.26. The highest BCUT2D eigenvalue weighted by atomic mass is 35.5. The zero-order valence-corrected chi connectivity index (χ0v) is 9.17. The van der Waals surface area contributed by atoms with Gasteiger partial charge in [-0.15, -0.1) is 24.8 Å². The number of pyridine rings is 1. The minimum Gasteiger partial charge on any atom is -0.397 e. The van der Waals surface area contributed by atoms with Gasteiger partial charge in [0.15, 0.2) is 5.69 Å². The number of halogens is 4. The first-order chi connectivity index (χ1) is 7.74. The van der Waals surface area contributed by atoms with Crippen molar-refractivity contribution in [1.29, 1.82) is 0 Å². The quantitative estimate of drug-likeness (QED) is 0.481. The summed E-state index contributed by atoms with van der Waals surface area (Å²) in [7, 11) is 0. The lowest BCUT2D eigenvalue weighted by Crippen LogP contribution is -2.18. The summed E-state index contributed by atoms with van der Waals surface area (Å²) in [6, 6.07) is 0.862. The van der Waals surface area contributed by atoms with E-state index in [9.17, 15) is 23.3 Å². The molecule has 1 aromatic rings. The molecule has 0 aliphatic carbocycles. The molecule has 0 unspecified atom stereocenters. The molecular weight excluding hydrogens is 265 g/mol. The Kier molecular flexibility index (Phi) is 3.76.